The molecule has 0 saturated heterocycles. The Bertz CT molecular complexity index is 519. The van der Waals surface area contributed by atoms with E-state index < -0.39 is 16.0 Å². The topological polar surface area (TPSA) is 74.7 Å². The molecule has 7 heteroatoms. The van der Waals surface area contributed by atoms with E-state index in [1.54, 1.807) is 6.92 Å². The van der Waals surface area contributed by atoms with Gasteiger partial charge in [0.05, 0.1) is 5.56 Å². The molecule has 0 aromatic carbocycles. The molecule has 1 N–H and O–H groups in total. The van der Waals surface area contributed by atoms with E-state index in [-0.39, 0.29) is 15.7 Å². The van der Waals surface area contributed by atoms with Crippen molar-refractivity contribution in [2.24, 2.45) is 5.92 Å². The van der Waals surface area contributed by atoms with Crippen molar-refractivity contribution in [2.75, 3.05) is 13.1 Å². The Morgan fingerprint density at radius 3 is 2.50 bits per heavy atom. The van der Waals surface area contributed by atoms with Crippen LogP contribution in [0, 0.1) is 5.92 Å². The van der Waals surface area contributed by atoms with Crippen LogP contribution in [-0.4, -0.2) is 36.9 Å². The molecule has 0 aliphatic carbocycles. The first-order valence-corrected chi connectivity index (χ1v) is 7.93. The fourth-order valence-electron chi connectivity index (χ4n) is 1.50. The lowest BCUT2D eigenvalue weighted by Gasteiger charge is -2.21. The van der Waals surface area contributed by atoms with Crippen LogP contribution in [-0.2, 0) is 10.0 Å². The lowest BCUT2D eigenvalue weighted by Crippen LogP contribution is -2.33. The van der Waals surface area contributed by atoms with Gasteiger partial charge in [0, 0.05) is 18.5 Å². The summed E-state index contributed by atoms with van der Waals surface area (Å²) >= 11 is 0.945. The van der Waals surface area contributed by atoms with Gasteiger partial charge in [-0.2, -0.15) is 4.31 Å². The minimum atomic E-state index is -3.57. The van der Waals surface area contributed by atoms with Crippen LogP contribution in [0.15, 0.2) is 15.7 Å². The van der Waals surface area contributed by atoms with Crippen molar-refractivity contribution in [2.45, 2.75) is 25.0 Å². The second-order valence-corrected chi connectivity index (χ2v) is 7.39. The maximum Gasteiger partial charge on any atom is 0.336 e. The van der Waals surface area contributed by atoms with Crippen molar-refractivity contribution >= 4 is 27.3 Å². The summed E-state index contributed by atoms with van der Waals surface area (Å²) in [5.74, 6) is -0.891. The Kier molecular flexibility index (Phi) is 4.89. The van der Waals surface area contributed by atoms with E-state index in [0.717, 1.165) is 11.3 Å². The Morgan fingerprint density at radius 2 is 2.11 bits per heavy atom. The molecule has 1 rings (SSSR count). The number of thiophene rings is 1. The summed E-state index contributed by atoms with van der Waals surface area (Å²) in [5.41, 5.74) is 0.0131. The summed E-state index contributed by atoms with van der Waals surface area (Å²) in [4.78, 5) is 10.8. The molecule has 0 aliphatic rings. The third kappa shape index (κ3) is 3.30. The maximum atomic E-state index is 12.3. The molecule has 0 bridgehead atoms. The minimum absolute atomic E-state index is 0.0131. The molecule has 0 amide bonds. The van der Waals surface area contributed by atoms with Crippen LogP contribution in [0.2, 0.25) is 0 Å². The van der Waals surface area contributed by atoms with Crippen molar-refractivity contribution in [1.82, 2.24) is 4.31 Å². The summed E-state index contributed by atoms with van der Waals surface area (Å²) in [5, 5.41) is 10.1. The van der Waals surface area contributed by atoms with Crippen LogP contribution in [0.3, 0.4) is 0 Å². The van der Waals surface area contributed by atoms with Crippen molar-refractivity contribution in [3.8, 4) is 0 Å². The van der Waals surface area contributed by atoms with Crippen molar-refractivity contribution in [1.29, 1.82) is 0 Å². The number of carbonyl (C=O) groups is 1. The Labute approximate surface area is 111 Å². The van der Waals surface area contributed by atoms with Gasteiger partial charge in [-0.3, -0.25) is 0 Å². The molecular weight excluding hydrogens is 274 g/mol. The zero-order chi connectivity index (χ0) is 13.9. The molecule has 18 heavy (non-hydrogen) atoms. The number of hydrogen-bond donors (Lipinski definition) is 1. The van der Waals surface area contributed by atoms with Gasteiger partial charge < -0.3 is 5.11 Å². The number of aromatic carboxylic acids is 1. The van der Waals surface area contributed by atoms with Crippen LogP contribution in [0.4, 0.5) is 0 Å². The van der Waals surface area contributed by atoms with Crippen molar-refractivity contribution in [3.05, 3.63) is 17.0 Å². The molecule has 1 aromatic rings. The second-order valence-electron chi connectivity index (χ2n) is 4.31. The van der Waals surface area contributed by atoms with Crippen LogP contribution in [0.25, 0.3) is 0 Å². The quantitative estimate of drug-likeness (QED) is 0.871. The fourth-order valence-corrected chi connectivity index (χ4v) is 4.41. The van der Waals surface area contributed by atoms with Gasteiger partial charge in [0.2, 0.25) is 0 Å². The molecule has 0 fully saturated rings. The van der Waals surface area contributed by atoms with E-state index in [9.17, 15) is 13.2 Å². The highest BCUT2D eigenvalue weighted by atomic mass is 32.2. The fraction of sp³-hybridized carbons (Fsp3) is 0.545. The highest BCUT2D eigenvalue weighted by molar-refractivity contribution is 7.91. The van der Waals surface area contributed by atoms with E-state index in [0.29, 0.717) is 13.1 Å². The zero-order valence-corrected chi connectivity index (χ0v) is 12.2. The third-order valence-electron chi connectivity index (χ3n) is 2.34. The normalized spacial score (nSPS) is 12.3. The largest absolute Gasteiger partial charge is 0.478 e. The third-order valence-corrected chi connectivity index (χ3v) is 5.69. The molecule has 0 aliphatic heterocycles. The van der Waals surface area contributed by atoms with Gasteiger partial charge in [-0.15, -0.1) is 11.3 Å². The molecule has 0 unspecified atom stereocenters. The lowest BCUT2D eigenvalue weighted by molar-refractivity contribution is 0.0697. The van der Waals surface area contributed by atoms with E-state index >= 15 is 0 Å². The number of carboxylic acids is 1. The average Bonchev–Trinajstić information content (AvgIpc) is 2.75. The molecule has 1 aromatic heterocycles. The second kappa shape index (κ2) is 5.81. The van der Waals surface area contributed by atoms with Gasteiger partial charge in [-0.25, -0.2) is 13.2 Å². The van der Waals surface area contributed by atoms with E-state index in [4.69, 9.17) is 5.11 Å². The number of carboxylic acid groups (broad SMARTS) is 1. The van der Waals surface area contributed by atoms with Gasteiger partial charge in [-0.05, 0) is 12.0 Å². The average molecular weight is 291 g/mol. The molecule has 102 valence electrons. The molecule has 0 radical (unpaired) electrons. The number of hydrogen-bond acceptors (Lipinski definition) is 4. The Balaban J connectivity index is 3.06. The van der Waals surface area contributed by atoms with E-state index in [1.165, 1.54) is 15.8 Å². The first-order chi connectivity index (χ1) is 8.28. The molecule has 0 atom stereocenters. The lowest BCUT2D eigenvalue weighted by atomic mass is 10.2. The van der Waals surface area contributed by atoms with Crippen LogP contribution < -0.4 is 0 Å². The van der Waals surface area contributed by atoms with E-state index in [1.807, 2.05) is 13.8 Å². The van der Waals surface area contributed by atoms with Gasteiger partial charge in [0.15, 0.2) is 0 Å². The summed E-state index contributed by atoms with van der Waals surface area (Å²) in [7, 11) is -3.57. The number of rotatable bonds is 6. The summed E-state index contributed by atoms with van der Waals surface area (Å²) in [6, 6.07) is 1.21. The van der Waals surface area contributed by atoms with Gasteiger partial charge in [-0.1, -0.05) is 20.8 Å². The summed E-state index contributed by atoms with van der Waals surface area (Å²) < 4.78 is 26.0. The highest BCUT2D eigenvalue weighted by Gasteiger charge is 2.26. The first kappa shape index (κ1) is 15.1. The van der Waals surface area contributed by atoms with Gasteiger partial charge >= 0.3 is 5.97 Å². The first-order valence-electron chi connectivity index (χ1n) is 5.61. The standard InChI is InChI=1S/C11H17NO4S2/c1-4-12(6-8(2)3)18(15,16)10-5-9(7-17-10)11(13)14/h5,7-8H,4,6H2,1-3H3,(H,13,14). The smallest absolute Gasteiger partial charge is 0.336 e. The molecule has 0 spiro atoms. The van der Waals surface area contributed by atoms with Gasteiger partial charge in [0.25, 0.3) is 10.0 Å². The van der Waals surface area contributed by atoms with E-state index in [2.05, 4.69) is 0 Å². The van der Waals surface area contributed by atoms with Crippen LogP contribution >= 0.6 is 11.3 Å². The number of nitrogens with zero attached hydrogens (tertiary/aromatic N) is 1. The summed E-state index contributed by atoms with van der Waals surface area (Å²) in [6.07, 6.45) is 0. The van der Waals surface area contributed by atoms with Crippen molar-refractivity contribution < 1.29 is 18.3 Å². The Hall–Kier alpha value is -0.920. The molecule has 5 nitrogen and oxygen atoms in total. The minimum Gasteiger partial charge on any atom is -0.478 e. The zero-order valence-electron chi connectivity index (χ0n) is 10.6. The molecule has 0 saturated carbocycles. The van der Waals surface area contributed by atoms with Gasteiger partial charge in [0.1, 0.15) is 4.21 Å². The summed E-state index contributed by atoms with van der Waals surface area (Å²) in [6.45, 7) is 6.45. The predicted molar refractivity (Wildman–Crippen MR) is 70.5 cm³/mol. The van der Waals surface area contributed by atoms with Crippen LogP contribution in [0.1, 0.15) is 31.1 Å². The maximum absolute atomic E-state index is 12.3. The van der Waals surface area contributed by atoms with Crippen molar-refractivity contribution in [3.63, 3.8) is 0 Å². The molecule has 1 heterocycles. The Morgan fingerprint density at radius 1 is 1.50 bits per heavy atom. The SMILES string of the molecule is CCN(CC(C)C)S(=O)(=O)c1cc(C(=O)O)cs1. The predicted octanol–water partition coefficient (Wildman–Crippen LogP) is 2.11. The highest BCUT2D eigenvalue weighted by Crippen LogP contribution is 2.24. The molecular formula is C11H17NO4S2. The monoisotopic (exact) mass is 291 g/mol. The number of sulfonamides is 1. The van der Waals surface area contributed by atoms with Crippen LogP contribution in [0.5, 0.6) is 0 Å².